The second-order valence-corrected chi connectivity index (χ2v) is 17.9. The van der Waals surface area contributed by atoms with Gasteiger partial charge in [-0.1, -0.05) is 52.3 Å². The molecule has 0 saturated heterocycles. The lowest BCUT2D eigenvalue weighted by atomic mass is 9.69. The van der Waals surface area contributed by atoms with E-state index in [1.165, 1.54) is 11.1 Å². The van der Waals surface area contributed by atoms with Gasteiger partial charge in [0.25, 0.3) is 0 Å². The third-order valence-corrected chi connectivity index (χ3v) is 13.9. The number of amides is 2. The molecule has 12 heteroatoms. The van der Waals surface area contributed by atoms with Crippen molar-refractivity contribution in [2.24, 2.45) is 11.5 Å². The number of hydrogen-bond donors (Lipinski definition) is 6. The van der Waals surface area contributed by atoms with E-state index in [0.717, 1.165) is 5.52 Å². The van der Waals surface area contributed by atoms with Crippen molar-refractivity contribution in [1.82, 2.24) is 15.2 Å². The Labute approximate surface area is 244 Å². The van der Waals surface area contributed by atoms with Gasteiger partial charge in [0.2, 0.25) is 0 Å². The number of aliphatic hydroxyl groups is 2. The molecule has 11 nitrogen and oxygen atoms in total. The highest BCUT2D eigenvalue weighted by molar-refractivity contribution is 6.74. The average Bonchev–Trinajstić information content (AvgIpc) is 3.36. The number of aromatic nitrogens is 1. The van der Waals surface area contributed by atoms with Crippen LogP contribution in [0.3, 0.4) is 0 Å². The van der Waals surface area contributed by atoms with Crippen LogP contribution in [0, 0.1) is 0 Å². The number of fused-ring (bicyclic) bond motifs is 1. The number of ether oxygens (including phenoxy) is 1. The Kier molecular flexibility index (Phi) is 9.11. The number of rotatable bonds is 9. The van der Waals surface area contributed by atoms with E-state index in [-0.39, 0.29) is 17.0 Å². The van der Waals surface area contributed by atoms with Crippen LogP contribution in [0.2, 0.25) is 18.1 Å². The summed E-state index contributed by atoms with van der Waals surface area (Å²) in [7, 11) is 0.647. The SMILES string of the molecule is CCC[C@@]1(O)[C@](NC(=O)N(C)C)([C@H](C)O[Si](C)(C)C(C)(C)C)[C@@H](N)[C@H](N)[C@]1(O)COC(=O)c1c[nH]c2ccccc12. The summed E-state index contributed by atoms with van der Waals surface area (Å²) in [6.45, 7) is 13.3. The minimum atomic E-state index is -2.49. The second kappa shape index (κ2) is 11.3. The van der Waals surface area contributed by atoms with Gasteiger partial charge in [0.05, 0.1) is 23.8 Å². The monoisotopic (exact) mass is 591 g/mol. The predicted molar refractivity (Wildman–Crippen MR) is 162 cm³/mol. The quantitative estimate of drug-likeness (QED) is 0.190. The van der Waals surface area contributed by atoms with Crippen molar-refractivity contribution in [2.75, 3.05) is 20.7 Å². The zero-order valence-corrected chi connectivity index (χ0v) is 26.9. The summed E-state index contributed by atoms with van der Waals surface area (Å²) in [4.78, 5) is 30.8. The number of urea groups is 1. The third kappa shape index (κ3) is 5.30. The van der Waals surface area contributed by atoms with Crippen molar-refractivity contribution in [3.8, 4) is 0 Å². The van der Waals surface area contributed by atoms with Crippen LogP contribution in [0.5, 0.6) is 0 Å². The number of carbonyl (C=O) groups is 2. The number of nitrogens with two attached hydrogens (primary N) is 2. The molecule has 0 radical (unpaired) electrons. The molecule has 1 saturated carbocycles. The van der Waals surface area contributed by atoms with Gasteiger partial charge in [0.1, 0.15) is 23.3 Å². The third-order valence-electron chi connectivity index (χ3n) is 9.35. The molecule has 1 fully saturated rings. The van der Waals surface area contributed by atoms with Gasteiger partial charge in [0.15, 0.2) is 8.32 Å². The van der Waals surface area contributed by atoms with E-state index in [1.54, 1.807) is 33.2 Å². The van der Waals surface area contributed by atoms with Crippen LogP contribution in [-0.4, -0.2) is 96.0 Å². The maximum absolute atomic E-state index is 13.3. The predicted octanol–water partition coefficient (Wildman–Crippen LogP) is 2.68. The minimum Gasteiger partial charge on any atom is -0.459 e. The van der Waals surface area contributed by atoms with Crippen LogP contribution >= 0.6 is 0 Å². The van der Waals surface area contributed by atoms with E-state index in [0.29, 0.717) is 11.8 Å². The first-order valence-electron chi connectivity index (χ1n) is 14.2. The number of para-hydroxylation sites is 1. The molecule has 41 heavy (non-hydrogen) atoms. The molecular weight excluding hydrogens is 542 g/mol. The van der Waals surface area contributed by atoms with Crippen molar-refractivity contribution < 1.29 is 29.0 Å². The van der Waals surface area contributed by atoms with Gasteiger partial charge in [-0.25, -0.2) is 9.59 Å². The summed E-state index contributed by atoms with van der Waals surface area (Å²) in [5.74, 6) is -0.698. The highest BCUT2D eigenvalue weighted by Crippen LogP contribution is 2.52. The van der Waals surface area contributed by atoms with Crippen LogP contribution in [0.25, 0.3) is 10.9 Å². The standard InChI is InChI=1S/C29H49N5O6Si/c1-10-15-28(38)27(37,17-39-24(35)20-16-32-21-14-12-11-13-19(20)21)22(30)23(31)29(28,33-25(36)34(6)7)18(2)40-41(8,9)26(3,4)5/h11-14,16,18,22-23,32,37-38H,10,15,17,30-31H2,1-9H3,(H,33,36)/t18-,22-,23-,27+,28-,29-/m0/s1. The van der Waals surface area contributed by atoms with Crippen molar-refractivity contribution in [2.45, 2.75) is 101 Å². The van der Waals surface area contributed by atoms with E-state index in [2.05, 4.69) is 44.2 Å². The molecule has 2 aromatic rings. The van der Waals surface area contributed by atoms with Gasteiger partial charge in [-0.2, -0.15) is 0 Å². The fourth-order valence-corrected chi connectivity index (χ4v) is 7.30. The Morgan fingerprint density at radius 1 is 1.17 bits per heavy atom. The van der Waals surface area contributed by atoms with Gasteiger partial charge in [-0.05, 0) is 37.5 Å². The van der Waals surface area contributed by atoms with Gasteiger partial charge in [0, 0.05) is 31.2 Å². The maximum atomic E-state index is 13.3. The lowest BCUT2D eigenvalue weighted by Gasteiger charge is -2.54. The first-order chi connectivity index (χ1) is 18.8. The molecule has 1 aliphatic carbocycles. The Hall–Kier alpha value is -2.48. The van der Waals surface area contributed by atoms with Crippen molar-refractivity contribution in [3.05, 3.63) is 36.0 Å². The van der Waals surface area contributed by atoms with Crippen LogP contribution in [0.15, 0.2) is 30.5 Å². The van der Waals surface area contributed by atoms with Crippen LogP contribution in [0.4, 0.5) is 4.79 Å². The number of esters is 1. The molecule has 6 atom stereocenters. The second-order valence-electron chi connectivity index (χ2n) is 13.1. The van der Waals surface area contributed by atoms with Crippen LogP contribution in [-0.2, 0) is 9.16 Å². The Bertz CT molecular complexity index is 1260. The topological polar surface area (TPSA) is 176 Å². The maximum Gasteiger partial charge on any atom is 0.340 e. The molecule has 3 rings (SSSR count). The summed E-state index contributed by atoms with van der Waals surface area (Å²) in [6, 6.07) is 4.27. The smallest absolute Gasteiger partial charge is 0.340 e. The van der Waals surface area contributed by atoms with Crippen molar-refractivity contribution >= 4 is 31.2 Å². The Morgan fingerprint density at radius 3 is 2.34 bits per heavy atom. The number of nitrogens with one attached hydrogen (secondary N) is 2. The molecule has 0 bridgehead atoms. The number of hydrogen-bond acceptors (Lipinski definition) is 8. The first kappa shape index (κ1) is 33.0. The van der Waals surface area contributed by atoms with E-state index >= 15 is 0 Å². The van der Waals surface area contributed by atoms with Gasteiger partial charge >= 0.3 is 12.0 Å². The lowest BCUT2D eigenvalue weighted by molar-refractivity contribution is -0.199. The normalized spacial score (nSPS) is 29.4. The molecule has 1 aliphatic rings. The number of carbonyl (C=O) groups excluding carboxylic acids is 2. The highest BCUT2D eigenvalue weighted by Gasteiger charge is 2.77. The van der Waals surface area contributed by atoms with Gasteiger partial charge in [-0.3, -0.25) is 0 Å². The zero-order valence-electron chi connectivity index (χ0n) is 25.9. The number of H-pyrrole nitrogens is 1. The summed E-state index contributed by atoms with van der Waals surface area (Å²) < 4.78 is 12.4. The largest absolute Gasteiger partial charge is 0.459 e. The average molecular weight is 592 g/mol. The van der Waals surface area contributed by atoms with Crippen LogP contribution in [0.1, 0.15) is 57.8 Å². The highest BCUT2D eigenvalue weighted by atomic mass is 28.4. The molecule has 230 valence electrons. The van der Waals surface area contributed by atoms with Gasteiger partial charge < -0.3 is 46.0 Å². The molecule has 1 heterocycles. The molecule has 2 amide bonds. The number of nitrogens with zero attached hydrogens (tertiary/aromatic N) is 1. The first-order valence-corrected chi connectivity index (χ1v) is 17.1. The molecule has 1 aromatic carbocycles. The summed E-state index contributed by atoms with van der Waals surface area (Å²) in [5.41, 5.74) is 8.37. The summed E-state index contributed by atoms with van der Waals surface area (Å²) >= 11 is 0. The van der Waals surface area contributed by atoms with E-state index in [1.807, 2.05) is 19.1 Å². The Balaban J connectivity index is 2.11. The fourth-order valence-electron chi connectivity index (χ4n) is 5.88. The van der Waals surface area contributed by atoms with E-state index < -0.39 is 61.9 Å². The van der Waals surface area contributed by atoms with E-state index in [9.17, 15) is 19.8 Å². The molecule has 0 spiro atoms. The molecular formula is C29H49N5O6Si. The van der Waals surface area contributed by atoms with Gasteiger partial charge in [-0.15, -0.1) is 0 Å². The fraction of sp³-hybridized carbons (Fsp3) is 0.655. The Morgan fingerprint density at radius 2 is 1.78 bits per heavy atom. The number of aromatic amines is 1. The van der Waals surface area contributed by atoms with Crippen LogP contribution < -0.4 is 16.8 Å². The lowest BCUT2D eigenvalue weighted by Crippen LogP contribution is -2.78. The zero-order chi connectivity index (χ0) is 31.2. The molecule has 0 aliphatic heterocycles. The molecule has 1 aromatic heterocycles. The molecule has 0 unspecified atom stereocenters. The van der Waals surface area contributed by atoms with Crippen molar-refractivity contribution in [1.29, 1.82) is 0 Å². The van der Waals surface area contributed by atoms with Crippen molar-refractivity contribution in [3.63, 3.8) is 0 Å². The summed E-state index contributed by atoms with van der Waals surface area (Å²) in [5, 5.41) is 28.4. The van der Waals surface area contributed by atoms with E-state index in [4.69, 9.17) is 20.6 Å². The molecule has 8 N–H and O–H groups in total. The minimum absolute atomic E-state index is 0.00551. The summed E-state index contributed by atoms with van der Waals surface area (Å²) in [6.07, 6.45) is 1.06. The number of benzene rings is 1.